The molecule has 1 N–H and O–H groups in total. The van der Waals surface area contributed by atoms with Crippen LogP contribution >= 0.6 is 0 Å². The van der Waals surface area contributed by atoms with Gasteiger partial charge in [-0.3, -0.25) is 19.3 Å². The number of carbonyl (C=O) groups is 3. The summed E-state index contributed by atoms with van der Waals surface area (Å²) in [6, 6.07) is 13.3. The molecule has 1 spiro atoms. The first-order valence-electron chi connectivity index (χ1n) is 10.6. The quantitative estimate of drug-likeness (QED) is 0.746. The molecule has 4 aliphatic rings. The van der Waals surface area contributed by atoms with Crippen molar-refractivity contribution in [2.45, 2.75) is 38.3 Å². The number of aryl methyl sites for hydroxylation is 2. The summed E-state index contributed by atoms with van der Waals surface area (Å²) in [5.74, 6) is -1.78. The Morgan fingerprint density at radius 1 is 1.00 bits per heavy atom. The minimum Gasteiger partial charge on any atom is -0.324 e. The molecule has 3 saturated heterocycles. The molecule has 0 saturated carbocycles. The van der Waals surface area contributed by atoms with E-state index in [0.717, 1.165) is 41.8 Å². The highest BCUT2D eigenvalue weighted by atomic mass is 16.2. The fourth-order valence-electron chi connectivity index (χ4n) is 6.34. The lowest BCUT2D eigenvalue weighted by molar-refractivity contribution is -0.135. The Bertz CT molecular complexity index is 1140. The zero-order valence-corrected chi connectivity index (χ0v) is 17.0. The van der Waals surface area contributed by atoms with Gasteiger partial charge in [-0.15, -0.1) is 0 Å². The molecule has 2 aromatic rings. The molecule has 0 aromatic heterocycles. The van der Waals surface area contributed by atoms with Crippen molar-refractivity contribution in [2.75, 3.05) is 16.8 Å². The third-order valence-corrected chi connectivity index (χ3v) is 7.41. The molecule has 152 valence electrons. The van der Waals surface area contributed by atoms with Crippen molar-refractivity contribution in [3.05, 3.63) is 59.2 Å². The Morgan fingerprint density at radius 3 is 2.60 bits per heavy atom. The van der Waals surface area contributed by atoms with Crippen molar-refractivity contribution in [3.63, 3.8) is 0 Å². The van der Waals surface area contributed by atoms with E-state index in [0.29, 0.717) is 5.69 Å². The van der Waals surface area contributed by atoms with Crippen LogP contribution in [0.25, 0.3) is 0 Å². The van der Waals surface area contributed by atoms with Gasteiger partial charge in [-0.1, -0.05) is 29.8 Å². The van der Waals surface area contributed by atoms with Crippen LogP contribution < -0.4 is 10.2 Å². The van der Waals surface area contributed by atoms with Gasteiger partial charge >= 0.3 is 0 Å². The average Bonchev–Trinajstić information content (AvgIpc) is 3.40. The second kappa shape index (κ2) is 5.79. The van der Waals surface area contributed by atoms with Crippen molar-refractivity contribution in [1.82, 2.24) is 4.90 Å². The molecular formula is C24H23N3O3. The molecule has 4 heterocycles. The van der Waals surface area contributed by atoms with Gasteiger partial charge in [0.05, 0.1) is 17.5 Å². The van der Waals surface area contributed by atoms with E-state index in [-0.39, 0.29) is 23.8 Å². The number of amides is 3. The fourth-order valence-corrected chi connectivity index (χ4v) is 6.34. The number of rotatable bonds is 1. The monoisotopic (exact) mass is 401 g/mol. The molecule has 6 heteroatoms. The summed E-state index contributed by atoms with van der Waals surface area (Å²) in [5.41, 5.74) is 3.13. The van der Waals surface area contributed by atoms with Crippen molar-refractivity contribution in [3.8, 4) is 0 Å². The largest absolute Gasteiger partial charge is 0.324 e. The maximum absolute atomic E-state index is 13.8. The summed E-state index contributed by atoms with van der Waals surface area (Å²) in [4.78, 5) is 44.5. The van der Waals surface area contributed by atoms with E-state index in [1.807, 2.05) is 50.2 Å². The van der Waals surface area contributed by atoms with Crippen LogP contribution in [-0.4, -0.2) is 35.2 Å². The average molecular weight is 401 g/mol. The normalized spacial score (nSPS) is 32.0. The number of carbonyl (C=O) groups excluding carboxylic acids is 3. The Balaban J connectivity index is 1.57. The molecule has 3 fully saturated rings. The summed E-state index contributed by atoms with van der Waals surface area (Å²) >= 11 is 0. The summed E-state index contributed by atoms with van der Waals surface area (Å²) in [5, 5.41) is 3.02. The molecule has 4 unspecified atom stereocenters. The first-order valence-corrected chi connectivity index (χ1v) is 10.6. The first-order chi connectivity index (χ1) is 14.4. The lowest BCUT2D eigenvalue weighted by atomic mass is 9.75. The Hall–Kier alpha value is -2.99. The molecular weight excluding hydrogens is 378 g/mol. The Kier molecular flexibility index (Phi) is 3.44. The Morgan fingerprint density at radius 2 is 1.80 bits per heavy atom. The molecule has 30 heavy (non-hydrogen) atoms. The maximum Gasteiger partial charge on any atom is 0.250 e. The lowest BCUT2D eigenvalue weighted by Gasteiger charge is -2.36. The number of hydrogen-bond acceptors (Lipinski definition) is 4. The zero-order valence-electron chi connectivity index (χ0n) is 17.0. The van der Waals surface area contributed by atoms with Crippen LogP contribution in [0.5, 0.6) is 0 Å². The SMILES string of the molecule is Cc1cccc(N2C(=O)C3C4CCCN4C4(C(=O)Nc5ccc(C)cc54)C3C2=O)c1. The van der Waals surface area contributed by atoms with Crippen LogP contribution in [0.4, 0.5) is 11.4 Å². The van der Waals surface area contributed by atoms with Gasteiger partial charge in [-0.25, -0.2) is 4.90 Å². The van der Waals surface area contributed by atoms with Crippen molar-refractivity contribution >= 4 is 29.1 Å². The van der Waals surface area contributed by atoms with Gasteiger partial charge in [-0.05, 0) is 57.0 Å². The van der Waals surface area contributed by atoms with E-state index in [9.17, 15) is 14.4 Å². The molecule has 6 nitrogen and oxygen atoms in total. The van der Waals surface area contributed by atoms with Gasteiger partial charge in [0.1, 0.15) is 5.54 Å². The number of hydrogen-bond donors (Lipinski definition) is 1. The maximum atomic E-state index is 13.8. The van der Waals surface area contributed by atoms with Gasteiger partial charge in [0.15, 0.2) is 0 Å². The number of benzene rings is 2. The fraction of sp³-hybridized carbons (Fsp3) is 0.375. The van der Waals surface area contributed by atoms with E-state index in [1.165, 1.54) is 4.90 Å². The summed E-state index contributed by atoms with van der Waals surface area (Å²) < 4.78 is 0. The molecule has 0 radical (unpaired) electrons. The van der Waals surface area contributed by atoms with Gasteiger partial charge in [-0.2, -0.15) is 0 Å². The first kappa shape index (κ1) is 17.8. The number of imide groups is 1. The number of nitrogens with zero attached hydrogens (tertiary/aromatic N) is 2. The molecule has 2 aromatic carbocycles. The highest BCUT2D eigenvalue weighted by Gasteiger charge is 2.74. The van der Waals surface area contributed by atoms with Crippen molar-refractivity contribution in [1.29, 1.82) is 0 Å². The minimum absolute atomic E-state index is 0.0847. The van der Waals surface area contributed by atoms with Crippen LogP contribution in [0.3, 0.4) is 0 Å². The summed E-state index contributed by atoms with van der Waals surface area (Å²) in [6.07, 6.45) is 1.76. The molecule has 4 aliphatic heterocycles. The Labute approximate surface area is 174 Å². The van der Waals surface area contributed by atoms with Crippen LogP contribution in [-0.2, 0) is 19.9 Å². The van der Waals surface area contributed by atoms with E-state index >= 15 is 0 Å². The highest BCUT2D eigenvalue weighted by Crippen LogP contribution is 2.60. The molecule has 4 atom stereocenters. The summed E-state index contributed by atoms with van der Waals surface area (Å²) in [7, 11) is 0. The minimum atomic E-state index is -1.10. The number of fused-ring (bicyclic) bond motifs is 7. The topological polar surface area (TPSA) is 69.7 Å². The van der Waals surface area contributed by atoms with Crippen molar-refractivity contribution in [2.24, 2.45) is 11.8 Å². The molecule has 6 rings (SSSR count). The predicted octanol–water partition coefficient (Wildman–Crippen LogP) is 2.73. The second-order valence-electron chi connectivity index (χ2n) is 9.03. The number of nitrogens with one attached hydrogen (secondary N) is 1. The van der Waals surface area contributed by atoms with Gasteiger partial charge in [0.25, 0.3) is 0 Å². The van der Waals surface area contributed by atoms with Gasteiger partial charge in [0.2, 0.25) is 17.7 Å². The second-order valence-corrected chi connectivity index (χ2v) is 9.03. The zero-order chi connectivity index (χ0) is 20.8. The van der Waals surface area contributed by atoms with Crippen molar-refractivity contribution < 1.29 is 14.4 Å². The van der Waals surface area contributed by atoms with E-state index in [4.69, 9.17) is 0 Å². The molecule has 3 amide bonds. The third kappa shape index (κ3) is 1.95. The highest BCUT2D eigenvalue weighted by molar-refractivity contribution is 6.25. The predicted molar refractivity (Wildman–Crippen MR) is 112 cm³/mol. The molecule has 0 aliphatic carbocycles. The van der Waals surface area contributed by atoms with E-state index < -0.39 is 17.4 Å². The standard InChI is InChI=1S/C24H23N3O3/c1-13-5-3-6-15(11-13)27-21(28)19-18-7-4-10-26(18)24(20(19)22(27)29)16-12-14(2)8-9-17(16)25-23(24)30/h3,5-6,8-9,11-12,18-20H,4,7,10H2,1-2H3,(H,25,30). The van der Waals surface area contributed by atoms with E-state index in [1.54, 1.807) is 6.07 Å². The molecule has 0 bridgehead atoms. The number of anilines is 2. The third-order valence-electron chi connectivity index (χ3n) is 7.41. The van der Waals surface area contributed by atoms with E-state index in [2.05, 4.69) is 10.2 Å². The van der Waals surface area contributed by atoms with Crippen LogP contribution in [0, 0.1) is 25.7 Å². The van der Waals surface area contributed by atoms with Crippen LogP contribution in [0.1, 0.15) is 29.5 Å². The van der Waals surface area contributed by atoms with Gasteiger partial charge in [0, 0.05) is 17.3 Å². The van der Waals surface area contributed by atoms with Crippen LogP contribution in [0.2, 0.25) is 0 Å². The van der Waals surface area contributed by atoms with Gasteiger partial charge < -0.3 is 5.32 Å². The smallest absolute Gasteiger partial charge is 0.250 e. The lowest BCUT2D eigenvalue weighted by Crippen LogP contribution is -2.54. The summed E-state index contributed by atoms with van der Waals surface area (Å²) in [6.45, 7) is 4.66. The van der Waals surface area contributed by atoms with Crippen LogP contribution in [0.15, 0.2) is 42.5 Å².